The van der Waals surface area contributed by atoms with Gasteiger partial charge in [-0.1, -0.05) is 136 Å². The fourth-order valence-corrected chi connectivity index (χ4v) is 11.6. The van der Waals surface area contributed by atoms with Crippen LogP contribution in [0, 0.1) is 0 Å². The molecule has 6 heteroatoms. The molecular weight excluding hydrogens is 689 g/mol. The highest BCUT2D eigenvalue weighted by molar-refractivity contribution is 6.87. The molecule has 0 saturated carbocycles. The summed E-state index contributed by atoms with van der Waals surface area (Å²) in [5.41, 5.74) is 10.9. The molecule has 8 aromatic rings. The minimum Gasteiger partial charge on any atom is -0.457 e. The summed E-state index contributed by atoms with van der Waals surface area (Å²) in [5, 5.41) is 3.79. The molecule has 268 valence electrons. The molecule has 0 bridgehead atoms. The van der Waals surface area contributed by atoms with Crippen LogP contribution in [0.15, 0.2) is 175 Å². The van der Waals surface area contributed by atoms with Crippen LogP contribution in [-0.4, -0.2) is 24.3 Å². The Morgan fingerprint density at radius 3 is 1.96 bits per heavy atom. The minimum atomic E-state index is -2.05. The quantitative estimate of drug-likeness (QED) is 0.160. The van der Waals surface area contributed by atoms with E-state index in [-0.39, 0.29) is 5.04 Å². The Hall–Kier alpha value is -6.37. The van der Waals surface area contributed by atoms with Crippen LogP contribution in [0.5, 0.6) is 11.5 Å². The van der Waals surface area contributed by atoms with Gasteiger partial charge < -0.3 is 14.5 Å². The van der Waals surface area contributed by atoms with Gasteiger partial charge in [0, 0.05) is 57.4 Å². The van der Waals surface area contributed by atoms with Gasteiger partial charge in [-0.15, -0.1) is 0 Å². The van der Waals surface area contributed by atoms with Crippen molar-refractivity contribution >= 4 is 41.3 Å². The number of hydrogen-bond acceptors (Lipinski definition) is 4. The van der Waals surface area contributed by atoms with Crippen LogP contribution in [0.4, 0.5) is 11.4 Å². The van der Waals surface area contributed by atoms with Crippen molar-refractivity contribution in [1.29, 1.82) is 0 Å². The molecule has 5 nitrogen and oxygen atoms in total. The van der Waals surface area contributed by atoms with E-state index in [9.17, 15) is 0 Å². The lowest BCUT2D eigenvalue weighted by Crippen LogP contribution is -2.57. The van der Waals surface area contributed by atoms with Gasteiger partial charge >= 0.3 is 0 Å². The molecule has 2 aromatic heterocycles. The van der Waals surface area contributed by atoms with Gasteiger partial charge in [-0.3, -0.25) is 4.57 Å². The summed E-state index contributed by atoms with van der Waals surface area (Å²) in [4.78, 5) is 9.79. The Morgan fingerprint density at radius 1 is 0.618 bits per heavy atom. The Bertz CT molecular complexity index is 2710. The zero-order chi connectivity index (χ0) is 37.3. The fourth-order valence-electron chi connectivity index (χ4n) is 8.75. The molecular formula is C49H42N4OSi. The molecule has 0 unspecified atom stereocenters. The third-order valence-corrected chi connectivity index (χ3v) is 17.3. The summed E-state index contributed by atoms with van der Waals surface area (Å²) < 4.78 is 9.02. The van der Waals surface area contributed by atoms with Crippen LogP contribution >= 0.6 is 0 Å². The van der Waals surface area contributed by atoms with E-state index in [1.54, 1.807) is 0 Å². The average Bonchev–Trinajstić information content (AvgIpc) is 3.82. The van der Waals surface area contributed by atoms with Crippen molar-refractivity contribution < 1.29 is 4.74 Å². The molecule has 4 heterocycles. The summed E-state index contributed by atoms with van der Waals surface area (Å²) >= 11 is 0. The first-order valence-corrected chi connectivity index (χ1v) is 22.1. The van der Waals surface area contributed by atoms with E-state index in [1.165, 1.54) is 55.3 Å². The zero-order valence-electron chi connectivity index (χ0n) is 31.6. The van der Waals surface area contributed by atoms with Crippen LogP contribution in [0.25, 0.3) is 49.9 Å². The van der Waals surface area contributed by atoms with Crippen LogP contribution < -0.4 is 14.5 Å². The topological polar surface area (TPSA) is 33.5 Å². The molecule has 6 aromatic carbocycles. The van der Waals surface area contributed by atoms with Crippen molar-refractivity contribution in [3.63, 3.8) is 0 Å². The van der Waals surface area contributed by atoms with Gasteiger partial charge in [0.05, 0.1) is 23.4 Å². The maximum atomic E-state index is 6.79. The van der Waals surface area contributed by atoms with E-state index < -0.39 is 8.07 Å². The Labute approximate surface area is 323 Å². The standard InChI is InChI=1S/C49H42N4OSi/c1-49(2)42-28-26-37(54-36-25-27-41-40-20-11-12-23-43(40)53(44(41)30-36)46-24-13-14-29-50-46)31-45(42)52-33-51(32-47(52)55(49,3)4)48-38(34-16-7-5-8-17-34)21-15-22-39(48)35-18-9-6-10-19-35/h5-32H,33H2,1-4H3. The Balaban J connectivity index is 1.07. The lowest BCUT2D eigenvalue weighted by Gasteiger charge is -2.50. The second-order valence-corrected chi connectivity index (χ2v) is 20.8. The lowest BCUT2D eigenvalue weighted by atomic mass is 9.95. The van der Waals surface area contributed by atoms with Gasteiger partial charge in [-0.25, -0.2) is 4.98 Å². The predicted octanol–water partition coefficient (Wildman–Crippen LogP) is 12.5. The van der Waals surface area contributed by atoms with Crippen molar-refractivity contribution in [2.45, 2.75) is 32.0 Å². The number of para-hydroxylation sites is 2. The van der Waals surface area contributed by atoms with Gasteiger partial charge in [0.2, 0.25) is 0 Å². The van der Waals surface area contributed by atoms with Crippen molar-refractivity contribution in [2.24, 2.45) is 0 Å². The third-order valence-electron chi connectivity index (χ3n) is 12.3. The first-order chi connectivity index (χ1) is 26.8. The molecule has 0 radical (unpaired) electrons. The van der Waals surface area contributed by atoms with Crippen LogP contribution in [0.1, 0.15) is 19.4 Å². The summed E-state index contributed by atoms with van der Waals surface area (Å²) in [6, 6.07) is 56.0. The highest BCUT2D eigenvalue weighted by Gasteiger charge is 2.53. The monoisotopic (exact) mass is 730 g/mol. The highest BCUT2D eigenvalue weighted by atomic mass is 28.3. The van der Waals surface area contributed by atoms with Gasteiger partial charge in [-0.05, 0) is 58.1 Å². The molecule has 2 aliphatic rings. The molecule has 2 aliphatic heterocycles. The second-order valence-electron chi connectivity index (χ2n) is 15.7. The number of aromatic nitrogens is 2. The molecule has 0 atom stereocenters. The lowest BCUT2D eigenvalue weighted by molar-refractivity contribution is 0.482. The molecule has 0 aliphatic carbocycles. The zero-order valence-corrected chi connectivity index (χ0v) is 32.6. The maximum Gasteiger partial charge on any atom is 0.137 e. The number of ether oxygens (including phenoxy) is 1. The number of hydrogen-bond donors (Lipinski definition) is 0. The van der Waals surface area contributed by atoms with Crippen molar-refractivity contribution in [3.05, 3.63) is 181 Å². The highest BCUT2D eigenvalue weighted by Crippen LogP contribution is 2.53. The van der Waals surface area contributed by atoms with Crippen molar-refractivity contribution in [1.82, 2.24) is 9.55 Å². The maximum absolute atomic E-state index is 6.79. The van der Waals surface area contributed by atoms with Gasteiger partial charge in [0.15, 0.2) is 0 Å². The summed E-state index contributed by atoms with van der Waals surface area (Å²) in [6.45, 7) is 10.7. The van der Waals surface area contributed by atoms with Gasteiger partial charge in [0.1, 0.15) is 25.4 Å². The van der Waals surface area contributed by atoms with E-state index in [4.69, 9.17) is 9.72 Å². The number of anilines is 2. The van der Waals surface area contributed by atoms with E-state index in [2.05, 4.69) is 193 Å². The van der Waals surface area contributed by atoms with Crippen molar-refractivity contribution in [3.8, 4) is 39.6 Å². The van der Waals surface area contributed by atoms with Crippen molar-refractivity contribution in [2.75, 3.05) is 16.5 Å². The Morgan fingerprint density at radius 2 is 1.25 bits per heavy atom. The van der Waals surface area contributed by atoms with Crippen LogP contribution in [0.3, 0.4) is 0 Å². The molecule has 55 heavy (non-hydrogen) atoms. The van der Waals surface area contributed by atoms with Crippen LogP contribution in [-0.2, 0) is 5.04 Å². The second kappa shape index (κ2) is 12.6. The summed E-state index contributed by atoms with van der Waals surface area (Å²) in [5.74, 6) is 2.50. The third kappa shape index (κ3) is 5.23. The first kappa shape index (κ1) is 33.2. The molecule has 0 spiro atoms. The molecule has 0 fully saturated rings. The predicted molar refractivity (Wildman–Crippen MR) is 231 cm³/mol. The normalized spacial score (nSPS) is 15.5. The fraction of sp³-hybridized carbons (Fsp3) is 0.122. The summed E-state index contributed by atoms with van der Waals surface area (Å²) in [6.07, 6.45) is 4.31. The van der Waals surface area contributed by atoms with E-state index >= 15 is 0 Å². The number of nitrogens with zero attached hydrogens (tertiary/aromatic N) is 4. The number of rotatable bonds is 6. The molecule has 0 N–H and O–H groups in total. The van der Waals surface area contributed by atoms with E-state index in [0.29, 0.717) is 0 Å². The Kier molecular flexibility index (Phi) is 7.61. The average molecular weight is 731 g/mol. The number of fused-ring (bicyclic) bond motifs is 6. The minimum absolute atomic E-state index is 0.0110. The van der Waals surface area contributed by atoms with E-state index in [0.717, 1.165) is 35.0 Å². The number of pyridine rings is 1. The van der Waals surface area contributed by atoms with Gasteiger partial charge in [0.25, 0.3) is 0 Å². The SMILES string of the molecule is CC1(C)c2ccc(Oc3ccc4c5ccccc5n(-c5ccccn5)c4c3)cc2N2CN(c3c(-c4ccccc4)cccc3-c3ccccc3)C=C2[Si]1(C)C. The molecule has 0 amide bonds. The molecule has 10 rings (SSSR count). The largest absolute Gasteiger partial charge is 0.457 e. The summed E-state index contributed by atoms with van der Waals surface area (Å²) in [7, 11) is -2.05. The van der Waals surface area contributed by atoms with E-state index in [1.807, 2.05) is 18.3 Å². The molecule has 0 saturated heterocycles. The smallest absolute Gasteiger partial charge is 0.137 e. The van der Waals surface area contributed by atoms with Crippen LogP contribution in [0.2, 0.25) is 13.1 Å². The van der Waals surface area contributed by atoms with Gasteiger partial charge in [-0.2, -0.15) is 0 Å². The number of benzene rings is 6. The first-order valence-electron chi connectivity index (χ1n) is 19.1.